The number of carbonyl (C=O) groups is 2. The summed E-state index contributed by atoms with van der Waals surface area (Å²) in [6, 6.07) is 12.7. The maximum Gasteiger partial charge on any atom is 0.295 e. The lowest BCUT2D eigenvalue weighted by molar-refractivity contribution is -0.140. The number of aliphatic hydroxyl groups excluding tert-OH is 2. The Labute approximate surface area is 163 Å². The Hall–Kier alpha value is -2.15. The molecule has 0 aliphatic carbocycles. The van der Waals surface area contributed by atoms with Gasteiger partial charge in [0.05, 0.1) is 18.2 Å². The Balaban J connectivity index is 2.21. The van der Waals surface area contributed by atoms with Gasteiger partial charge in [0.2, 0.25) is 0 Å². The van der Waals surface area contributed by atoms with Crippen molar-refractivity contribution in [3.8, 4) is 0 Å². The second-order valence-corrected chi connectivity index (χ2v) is 7.07. The quantitative estimate of drug-likeness (QED) is 0.437. The third-order valence-electron chi connectivity index (χ3n) is 4.20. The highest BCUT2D eigenvalue weighted by atomic mass is 79.9. The van der Waals surface area contributed by atoms with Crippen LogP contribution in [0.5, 0.6) is 0 Å². The molecule has 2 N–H and O–H groups in total. The van der Waals surface area contributed by atoms with Crippen LogP contribution in [-0.4, -0.2) is 40.0 Å². The Morgan fingerprint density at radius 1 is 1.12 bits per heavy atom. The average molecular weight is 437 g/mol. The van der Waals surface area contributed by atoms with E-state index in [1.165, 1.54) is 4.90 Å². The zero-order chi connectivity index (χ0) is 18.8. The fraction of sp³-hybridized carbons (Fsp3) is 0.158. The van der Waals surface area contributed by atoms with Gasteiger partial charge in [-0.3, -0.25) is 9.59 Å². The van der Waals surface area contributed by atoms with Crippen LogP contribution in [0.4, 0.5) is 0 Å². The van der Waals surface area contributed by atoms with Crippen LogP contribution in [0.1, 0.15) is 17.2 Å². The monoisotopic (exact) mass is 435 g/mol. The molecule has 1 aliphatic rings. The SMILES string of the molecule is O=C1C(=O)N(CCO)C(c2ccccc2Cl)/C1=C(/O)c1ccc(Br)cc1. The number of nitrogens with zero attached hydrogens (tertiary/aromatic N) is 1. The van der Waals surface area contributed by atoms with Crippen molar-refractivity contribution < 1.29 is 19.8 Å². The highest BCUT2D eigenvalue weighted by Gasteiger charge is 2.46. The fourth-order valence-corrected chi connectivity index (χ4v) is 3.51. The lowest BCUT2D eigenvalue weighted by Gasteiger charge is -2.25. The van der Waals surface area contributed by atoms with Gasteiger partial charge >= 0.3 is 0 Å². The summed E-state index contributed by atoms with van der Waals surface area (Å²) in [5.41, 5.74) is 0.881. The van der Waals surface area contributed by atoms with Gasteiger partial charge in [-0.05, 0) is 23.8 Å². The lowest BCUT2D eigenvalue weighted by Crippen LogP contribution is -2.32. The largest absolute Gasteiger partial charge is 0.507 e. The van der Waals surface area contributed by atoms with E-state index in [9.17, 15) is 19.8 Å². The molecule has 0 spiro atoms. The summed E-state index contributed by atoms with van der Waals surface area (Å²) in [6.07, 6.45) is 0. The van der Waals surface area contributed by atoms with Crippen LogP contribution in [0.15, 0.2) is 58.6 Å². The maximum atomic E-state index is 12.6. The van der Waals surface area contributed by atoms with Crippen LogP contribution in [0.25, 0.3) is 5.76 Å². The summed E-state index contributed by atoms with van der Waals surface area (Å²) in [4.78, 5) is 26.3. The molecular weight excluding hydrogens is 422 g/mol. The number of carbonyl (C=O) groups excluding carboxylic acids is 2. The number of hydrogen-bond donors (Lipinski definition) is 2. The smallest absolute Gasteiger partial charge is 0.295 e. The first-order chi connectivity index (χ1) is 12.5. The Morgan fingerprint density at radius 2 is 1.77 bits per heavy atom. The summed E-state index contributed by atoms with van der Waals surface area (Å²) in [7, 11) is 0. The van der Waals surface area contributed by atoms with Crippen LogP contribution < -0.4 is 0 Å². The van der Waals surface area contributed by atoms with E-state index >= 15 is 0 Å². The van der Waals surface area contributed by atoms with Gasteiger partial charge in [0.15, 0.2) is 0 Å². The van der Waals surface area contributed by atoms with Gasteiger partial charge in [-0.2, -0.15) is 0 Å². The predicted octanol–water partition coefficient (Wildman–Crippen LogP) is 3.52. The van der Waals surface area contributed by atoms with Crippen LogP contribution in [0, 0.1) is 0 Å². The molecule has 1 fully saturated rings. The number of ketones is 1. The van der Waals surface area contributed by atoms with Crippen LogP contribution >= 0.6 is 27.5 Å². The molecule has 1 unspecified atom stereocenters. The van der Waals surface area contributed by atoms with E-state index < -0.39 is 17.7 Å². The van der Waals surface area contributed by atoms with Gasteiger partial charge in [0.25, 0.3) is 11.7 Å². The molecule has 134 valence electrons. The molecular formula is C19H15BrClNO4. The van der Waals surface area contributed by atoms with Crippen molar-refractivity contribution in [2.24, 2.45) is 0 Å². The number of halogens is 2. The lowest BCUT2D eigenvalue weighted by atomic mass is 9.95. The van der Waals surface area contributed by atoms with E-state index in [1.54, 1.807) is 48.5 Å². The van der Waals surface area contributed by atoms with Crippen LogP contribution in [0.2, 0.25) is 5.02 Å². The second-order valence-electron chi connectivity index (χ2n) is 5.74. The van der Waals surface area contributed by atoms with Crippen LogP contribution in [-0.2, 0) is 9.59 Å². The van der Waals surface area contributed by atoms with Crippen molar-refractivity contribution in [2.75, 3.05) is 13.2 Å². The fourth-order valence-electron chi connectivity index (χ4n) is 3.00. The Morgan fingerprint density at radius 3 is 2.38 bits per heavy atom. The highest BCUT2D eigenvalue weighted by molar-refractivity contribution is 9.10. The minimum absolute atomic E-state index is 0.0427. The molecule has 2 aromatic carbocycles. The molecule has 3 rings (SSSR count). The molecule has 1 aliphatic heterocycles. The van der Waals surface area contributed by atoms with E-state index in [0.717, 1.165) is 4.47 Å². The summed E-state index contributed by atoms with van der Waals surface area (Å²) in [5, 5.41) is 20.4. The minimum Gasteiger partial charge on any atom is -0.507 e. The first-order valence-corrected chi connectivity index (χ1v) is 9.02. The molecule has 1 saturated heterocycles. The van der Waals surface area contributed by atoms with Crippen molar-refractivity contribution >= 4 is 45.0 Å². The molecule has 0 aromatic heterocycles. The topological polar surface area (TPSA) is 77.8 Å². The zero-order valence-corrected chi connectivity index (χ0v) is 15.9. The molecule has 1 atom stereocenters. The van der Waals surface area contributed by atoms with Gasteiger partial charge in [-0.25, -0.2) is 0 Å². The maximum absolute atomic E-state index is 12.6. The number of rotatable bonds is 4. The normalized spacial score (nSPS) is 19.2. The third-order valence-corrected chi connectivity index (χ3v) is 5.07. The van der Waals surface area contributed by atoms with Crippen molar-refractivity contribution in [3.05, 3.63) is 74.7 Å². The first kappa shape index (κ1) is 18.6. The van der Waals surface area contributed by atoms with E-state index in [-0.39, 0.29) is 24.5 Å². The number of β-amino-alcohol motifs (C(OH)–C–C–N with tert-alkyl or cyclic N) is 1. The molecule has 1 amide bonds. The van der Waals surface area contributed by atoms with E-state index in [4.69, 9.17) is 11.6 Å². The Bertz CT molecular complexity index is 895. The molecule has 5 nitrogen and oxygen atoms in total. The van der Waals surface area contributed by atoms with Crippen molar-refractivity contribution in [3.63, 3.8) is 0 Å². The van der Waals surface area contributed by atoms with Crippen molar-refractivity contribution in [1.82, 2.24) is 4.90 Å². The van der Waals surface area contributed by atoms with Crippen LogP contribution in [0.3, 0.4) is 0 Å². The van der Waals surface area contributed by atoms with E-state index in [2.05, 4.69) is 15.9 Å². The number of benzene rings is 2. The molecule has 2 aromatic rings. The second kappa shape index (κ2) is 7.61. The third kappa shape index (κ3) is 3.28. The molecule has 7 heteroatoms. The number of hydrogen-bond acceptors (Lipinski definition) is 4. The first-order valence-electron chi connectivity index (χ1n) is 7.85. The summed E-state index contributed by atoms with van der Waals surface area (Å²) in [5.74, 6) is -1.85. The van der Waals surface area contributed by atoms with Gasteiger partial charge in [-0.1, -0.05) is 57.9 Å². The van der Waals surface area contributed by atoms with Gasteiger partial charge in [-0.15, -0.1) is 0 Å². The number of likely N-dealkylation sites (tertiary alicyclic amines) is 1. The average Bonchev–Trinajstić information content (AvgIpc) is 2.87. The predicted molar refractivity (Wildman–Crippen MR) is 102 cm³/mol. The summed E-state index contributed by atoms with van der Waals surface area (Å²) in [6.45, 7) is -0.357. The van der Waals surface area contributed by atoms with Crippen molar-refractivity contribution in [2.45, 2.75) is 6.04 Å². The number of Topliss-reactive ketones (excluding diaryl/α,β-unsaturated/α-hetero) is 1. The Kier molecular flexibility index (Phi) is 5.46. The van der Waals surface area contributed by atoms with Gasteiger partial charge in [0.1, 0.15) is 5.76 Å². The molecule has 26 heavy (non-hydrogen) atoms. The number of amides is 1. The summed E-state index contributed by atoms with van der Waals surface area (Å²) >= 11 is 9.60. The van der Waals surface area contributed by atoms with Gasteiger partial charge < -0.3 is 15.1 Å². The van der Waals surface area contributed by atoms with E-state index in [1.807, 2.05) is 0 Å². The zero-order valence-electron chi connectivity index (χ0n) is 13.5. The minimum atomic E-state index is -0.862. The molecule has 0 radical (unpaired) electrons. The van der Waals surface area contributed by atoms with Crippen molar-refractivity contribution in [1.29, 1.82) is 0 Å². The van der Waals surface area contributed by atoms with Gasteiger partial charge in [0, 0.05) is 21.6 Å². The molecule has 0 saturated carbocycles. The highest BCUT2D eigenvalue weighted by Crippen LogP contribution is 2.41. The molecule has 0 bridgehead atoms. The molecule has 1 heterocycles. The van der Waals surface area contributed by atoms with E-state index in [0.29, 0.717) is 16.1 Å². The number of aliphatic hydroxyl groups is 2. The standard InChI is InChI=1S/C19H15BrClNO4/c20-12-7-5-11(6-8-12)17(24)15-16(13-3-1-2-4-14(13)21)22(9-10-23)19(26)18(15)25/h1-8,16,23-24H,9-10H2/b17-15-. The summed E-state index contributed by atoms with van der Waals surface area (Å²) < 4.78 is 0.817.